The molecule has 24 heavy (non-hydrogen) atoms. The summed E-state index contributed by atoms with van der Waals surface area (Å²) in [6.45, 7) is 4.90. The van der Waals surface area contributed by atoms with Crippen molar-refractivity contribution >= 4 is 11.9 Å². The van der Waals surface area contributed by atoms with Crippen LogP contribution in [0.4, 0.5) is 0 Å². The van der Waals surface area contributed by atoms with Crippen LogP contribution in [0.15, 0.2) is 33.1 Å². The van der Waals surface area contributed by atoms with Crippen molar-refractivity contribution in [2.75, 3.05) is 26.2 Å². The SMILES string of the molecule is O=C([O-])c1ccc(C[NH+]2CC[NH+](Cc3ccc(C(=O)[O-])o3)CC2)o1. The molecule has 1 fully saturated rings. The predicted molar refractivity (Wildman–Crippen MR) is 74.9 cm³/mol. The number of quaternary nitrogens is 2. The number of nitrogens with one attached hydrogen (secondary N) is 2. The van der Waals surface area contributed by atoms with Crippen LogP contribution in [0.3, 0.4) is 0 Å². The summed E-state index contributed by atoms with van der Waals surface area (Å²) in [4.78, 5) is 24.0. The summed E-state index contributed by atoms with van der Waals surface area (Å²) in [5.41, 5.74) is 0. The van der Waals surface area contributed by atoms with Gasteiger partial charge in [-0.3, -0.25) is 0 Å². The molecule has 1 saturated heterocycles. The molecular formula is C16H18N2O6. The molecule has 128 valence electrons. The first-order valence-corrected chi connectivity index (χ1v) is 7.78. The average molecular weight is 334 g/mol. The molecule has 0 unspecified atom stereocenters. The summed E-state index contributed by atoms with van der Waals surface area (Å²) >= 11 is 0. The van der Waals surface area contributed by atoms with E-state index in [9.17, 15) is 19.8 Å². The summed E-state index contributed by atoms with van der Waals surface area (Å²) < 4.78 is 10.5. The standard InChI is InChI=1S/C16H18N2O6/c19-15(20)13-3-1-11(23-13)9-17-5-7-18(8-6-17)10-12-2-4-14(24-12)16(21)22/h1-4H,5-10H2,(H,19,20)(H,21,22). The molecule has 3 rings (SSSR count). The molecule has 1 aliphatic rings. The number of hydrogen-bond acceptors (Lipinski definition) is 6. The predicted octanol–water partition coefficient (Wildman–Crippen LogP) is -3.92. The molecular weight excluding hydrogens is 316 g/mol. The molecule has 8 nitrogen and oxygen atoms in total. The van der Waals surface area contributed by atoms with Gasteiger partial charge in [-0.15, -0.1) is 0 Å². The topological polar surface area (TPSA) is 115 Å². The van der Waals surface area contributed by atoms with Crippen LogP contribution in [0.1, 0.15) is 32.6 Å². The summed E-state index contributed by atoms with van der Waals surface area (Å²) in [6, 6.07) is 6.16. The highest BCUT2D eigenvalue weighted by molar-refractivity contribution is 5.82. The lowest BCUT2D eigenvalue weighted by atomic mass is 10.3. The molecule has 0 saturated carbocycles. The lowest BCUT2D eigenvalue weighted by Crippen LogP contribution is -3.27. The zero-order valence-electron chi connectivity index (χ0n) is 13.0. The van der Waals surface area contributed by atoms with Crippen LogP contribution in [0.25, 0.3) is 0 Å². The Morgan fingerprint density at radius 3 is 1.46 bits per heavy atom. The van der Waals surface area contributed by atoms with E-state index in [0.29, 0.717) is 24.6 Å². The van der Waals surface area contributed by atoms with Crippen molar-refractivity contribution in [3.05, 3.63) is 47.3 Å². The third kappa shape index (κ3) is 3.84. The minimum absolute atomic E-state index is 0.143. The number of carbonyl (C=O) groups excluding carboxylic acids is 2. The van der Waals surface area contributed by atoms with E-state index in [-0.39, 0.29) is 11.5 Å². The summed E-state index contributed by atoms with van der Waals surface area (Å²) in [6.07, 6.45) is 0. The minimum atomic E-state index is -1.31. The van der Waals surface area contributed by atoms with Crippen LogP contribution >= 0.6 is 0 Å². The van der Waals surface area contributed by atoms with Gasteiger partial charge in [0.25, 0.3) is 0 Å². The average Bonchev–Trinajstić information content (AvgIpc) is 3.19. The van der Waals surface area contributed by atoms with Crippen molar-refractivity contribution in [3.63, 3.8) is 0 Å². The molecule has 0 aliphatic carbocycles. The fraction of sp³-hybridized carbons (Fsp3) is 0.375. The maximum absolute atomic E-state index is 10.7. The van der Waals surface area contributed by atoms with Gasteiger partial charge in [0.05, 0.1) is 0 Å². The Bertz CT molecular complexity index is 664. The van der Waals surface area contributed by atoms with Crippen LogP contribution in [-0.2, 0) is 13.1 Å². The van der Waals surface area contributed by atoms with E-state index in [1.54, 1.807) is 12.1 Å². The van der Waals surface area contributed by atoms with E-state index in [2.05, 4.69) is 0 Å². The molecule has 0 aromatic carbocycles. The van der Waals surface area contributed by atoms with Crippen LogP contribution in [0, 0.1) is 0 Å². The van der Waals surface area contributed by atoms with Gasteiger partial charge < -0.3 is 38.4 Å². The highest BCUT2D eigenvalue weighted by atomic mass is 16.4. The van der Waals surface area contributed by atoms with Gasteiger partial charge in [-0.25, -0.2) is 0 Å². The van der Waals surface area contributed by atoms with E-state index in [4.69, 9.17) is 8.83 Å². The molecule has 2 aromatic rings. The third-order valence-corrected chi connectivity index (χ3v) is 4.24. The van der Waals surface area contributed by atoms with Crippen LogP contribution in [0.2, 0.25) is 0 Å². The van der Waals surface area contributed by atoms with Gasteiger partial charge in [-0.05, 0) is 24.3 Å². The fourth-order valence-electron chi connectivity index (χ4n) is 2.97. The lowest BCUT2D eigenvalue weighted by Gasteiger charge is -2.28. The number of carbonyl (C=O) groups is 2. The quantitative estimate of drug-likeness (QED) is 0.558. The molecule has 2 N–H and O–H groups in total. The molecule has 0 atom stereocenters. The number of carboxylic acids is 2. The van der Waals surface area contributed by atoms with Gasteiger partial charge in [-0.2, -0.15) is 0 Å². The van der Waals surface area contributed by atoms with Crippen LogP contribution < -0.4 is 20.0 Å². The van der Waals surface area contributed by atoms with Gasteiger partial charge in [0.1, 0.15) is 62.7 Å². The van der Waals surface area contributed by atoms with Crippen molar-refractivity contribution in [3.8, 4) is 0 Å². The Kier molecular flexibility index (Phi) is 4.68. The third-order valence-electron chi connectivity index (χ3n) is 4.24. The number of hydrogen-bond donors (Lipinski definition) is 2. The first-order chi connectivity index (χ1) is 11.5. The van der Waals surface area contributed by atoms with Gasteiger partial charge in [0, 0.05) is 0 Å². The number of piperazine rings is 1. The smallest absolute Gasteiger partial charge is 0.159 e. The van der Waals surface area contributed by atoms with E-state index >= 15 is 0 Å². The largest absolute Gasteiger partial charge is 0.542 e. The first-order valence-electron chi connectivity index (χ1n) is 7.78. The van der Waals surface area contributed by atoms with Crippen LogP contribution in [0.5, 0.6) is 0 Å². The van der Waals surface area contributed by atoms with Crippen molar-refractivity contribution in [1.29, 1.82) is 0 Å². The minimum Gasteiger partial charge on any atom is -0.542 e. The molecule has 3 heterocycles. The lowest BCUT2D eigenvalue weighted by molar-refractivity contribution is -1.03. The Morgan fingerprint density at radius 2 is 1.17 bits per heavy atom. The summed E-state index contributed by atoms with van der Waals surface area (Å²) in [7, 11) is 0. The molecule has 2 aromatic heterocycles. The van der Waals surface area contributed by atoms with Crippen molar-refractivity contribution < 1.29 is 38.4 Å². The first kappa shape index (κ1) is 16.3. The summed E-state index contributed by atoms with van der Waals surface area (Å²) in [5, 5.41) is 21.4. The highest BCUT2D eigenvalue weighted by Crippen LogP contribution is 2.06. The second kappa shape index (κ2) is 6.90. The van der Waals surface area contributed by atoms with Gasteiger partial charge in [0.15, 0.2) is 11.5 Å². The van der Waals surface area contributed by atoms with E-state index in [1.807, 2.05) is 0 Å². The van der Waals surface area contributed by atoms with Gasteiger partial charge in [-0.1, -0.05) is 0 Å². The Morgan fingerprint density at radius 1 is 0.792 bits per heavy atom. The Hall–Kier alpha value is -2.58. The van der Waals surface area contributed by atoms with Crippen LogP contribution in [-0.4, -0.2) is 38.1 Å². The van der Waals surface area contributed by atoms with Crippen molar-refractivity contribution in [1.82, 2.24) is 0 Å². The number of furan rings is 2. The number of carboxylic acid groups (broad SMARTS) is 2. The van der Waals surface area contributed by atoms with E-state index < -0.39 is 11.9 Å². The van der Waals surface area contributed by atoms with E-state index in [1.165, 1.54) is 21.9 Å². The normalized spacial score (nSPS) is 20.8. The van der Waals surface area contributed by atoms with Gasteiger partial charge in [0.2, 0.25) is 0 Å². The van der Waals surface area contributed by atoms with E-state index in [0.717, 1.165) is 26.2 Å². The number of aromatic carboxylic acids is 2. The molecule has 0 amide bonds. The second-order valence-electron chi connectivity index (χ2n) is 5.96. The Balaban J connectivity index is 1.48. The maximum atomic E-state index is 10.7. The zero-order chi connectivity index (χ0) is 17.1. The highest BCUT2D eigenvalue weighted by Gasteiger charge is 2.25. The monoisotopic (exact) mass is 334 g/mol. The molecule has 0 bridgehead atoms. The maximum Gasteiger partial charge on any atom is 0.159 e. The van der Waals surface area contributed by atoms with Gasteiger partial charge >= 0.3 is 0 Å². The molecule has 0 radical (unpaired) electrons. The Labute approximate surface area is 137 Å². The zero-order valence-corrected chi connectivity index (χ0v) is 13.0. The molecule has 1 aliphatic heterocycles. The van der Waals surface area contributed by atoms with Crippen molar-refractivity contribution in [2.45, 2.75) is 13.1 Å². The molecule has 0 spiro atoms. The number of rotatable bonds is 6. The van der Waals surface area contributed by atoms with Crippen molar-refractivity contribution in [2.24, 2.45) is 0 Å². The fourth-order valence-corrected chi connectivity index (χ4v) is 2.97. The summed E-state index contributed by atoms with van der Waals surface area (Å²) in [5.74, 6) is -1.63. The second-order valence-corrected chi connectivity index (χ2v) is 5.96. The molecule has 8 heteroatoms.